The molecule has 0 saturated heterocycles. The highest BCUT2D eigenvalue weighted by Crippen LogP contribution is 2.51. The van der Waals surface area contributed by atoms with Crippen LogP contribution in [0.2, 0.25) is 5.02 Å². The summed E-state index contributed by atoms with van der Waals surface area (Å²) in [5, 5.41) is 5.32. The third kappa shape index (κ3) is 2.49. The van der Waals surface area contributed by atoms with Crippen molar-refractivity contribution in [3.05, 3.63) is 35.0 Å². The van der Waals surface area contributed by atoms with Gasteiger partial charge in [-0.25, -0.2) is 0 Å². The molecule has 4 rings (SSSR count). The lowest BCUT2D eigenvalue weighted by Crippen LogP contribution is -2.22. The quantitative estimate of drug-likeness (QED) is 0.842. The molecule has 4 atom stereocenters. The van der Waals surface area contributed by atoms with Crippen LogP contribution >= 0.6 is 11.6 Å². The average molecular weight is 304 g/mol. The molecule has 0 spiro atoms. The number of hydrogen-bond acceptors (Lipinski definition) is 2. The Morgan fingerprint density at radius 1 is 1.29 bits per heavy atom. The number of benzene rings is 1. The normalized spacial score (nSPS) is 29.3. The van der Waals surface area contributed by atoms with E-state index in [4.69, 9.17) is 16.0 Å². The first kappa shape index (κ1) is 13.7. The molecule has 112 valence electrons. The highest BCUT2D eigenvalue weighted by Gasteiger charge is 2.40. The molecule has 1 heterocycles. The summed E-state index contributed by atoms with van der Waals surface area (Å²) >= 11 is 6.06. The third-order valence-electron chi connectivity index (χ3n) is 5.61. The number of rotatable bonds is 4. The Hall–Kier alpha value is -0.990. The summed E-state index contributed by atoms with van der Waals surface area (Å²) in [6.07, 6.45) is 7.01. The molecule has 1 N–H and O–H groups in total. The van der Waals surface area contributed by atoms with Crippen molar-refractivity contribution >= 4 is 22.6 Å². The summed E-state index contributed by atoms with van der Waals surface area (Å²) in [7, 11) is 2.04. The van der Waals surface area contributed by atoms with E-state index in [0.717, 1.165) is 39.5 Å². The third-order valence-corrected chi connectivity index (χ3v) is 5.85. The van der Waals surface area contributed by atoms with Crippen molar-refractivity contribution < 1.29 is 4.42 Å². The highest BCUT2D eigenvalue weighted by atomic mass is 35.5. The molecule has 21 heavy (non-hydrogen) atoms. The van der Waals surface area contributed by atoms with Gasteiger partial charge >= 0.3 is 0 Å². The lowest BCUT2D eigenvalue weighted by atomic mass is 9.84. The second kappa shape index (κ2) is 5.33. The van der Waals surface area contributed by atoms with E-state index in [1.807, 2.05) is 25.2 Å². The van der Waals surface area contributed by atoms with Crippen molar-refractivity contribution in [2.24, 2.45) is 17.8 Å². The number of nitrogens with one attached hydrogen (secondary N) is 1. The van der Waals surface area contributed by atoms with Crippen LogP contribution < -0.4 is 5.32 Å². The summed E-state index contributed by atoms with van der Waals surface area (Å²) < 4.78 is 6.05. The minimum absolute atomic E-state index is 0.320. The number of halogens is 1. The van der Waals surface area contributed by atoms with E-state index >= 15 is 0 Å². The molecule has 0 aliphatic heterocycles. The second-order valence-corrected chi connectivity index (χ2v) is 7.28. The monoisotopic (exact) mass is 303 g/mol. The molecule has 2 nitrogen and oxygen atoms in total. The van der Waals surface area contributed by atoms with Gasteiger partial charge in [0.2, 0.25) is 0 Å². The zero-order chi connectivity index (χ0) is 14.4. The van der Waals surface area contributed by atoms with E-state index in [2.05, 4.69) is 11.4 Å². The molecule has 4 unspecified atom stereocenters. The maximum absolute atomic E-state index is 6.06. The van der Waals surface area contributed by atoms with Gasteiger partial charge < -0.3 is 9.73 Å². The highest BCUT2D eigenvalue weighted by molar-refractivity contribution is 6.31. The molecule has 0 radical (unpaired) electrons. The molecule has 3 heteroatoms. The lowest BCUT2D eigenvalue weighted by molar-refractivity contribution is 0.271. The first-order valence-electron chi connectivity index (χ1n) is 8.09. The first-order chi connectivity index (χ1) is 10.2. The van der Waals surface area contributed by atoms with E-state index in [0.29, 0.717) is 6.04 Å². The predicted molar refractivity (Wildman–Crippen MR) is 86.6 cm³/mol. The maximum atomic E-state index is 6.06. The Bertz CT molecular complexity index is 650. The second-order valence-electron chi connectivity index (χ2n) is 6.84. The standard InChI is InChI=1S/C18H22ClNO/c1-20-16(9-13-7-11-2-3-12(13)6-11)18-10-14-8-15(19)4-5-17(14)21-18/h4-5,8,10-13,16,20H,2-3,6-7,9H2,1H3. The van der Waals surface area contributed by atoms with E-state index in [1.54, 1.807) is 0 Å². The minimum Gasteiger partial charge on any atom is -0.459 e. The lowest BCUT2D eigenvalue weighted by Gasteiger charge is -2.25. The van der Waals surface area contributed by atoms with Crippen molar-refractivity contribution in [2.45, 2.75) is 38.1 Å². The van der Waals surface area contributed by atoms with E-state index in [1.165, 1.54) is 32.1 Å². The van der Waals surface area contributed by atoms with Crippen LogP contribution in [0.15, 0.2) is 28.7 Å². The first-order valence-corrected chi connectivity index (χ1v) is 8.47. The number of fused-ring (bicyclic) bond motifs is 3. The minimum atomic E-state index is 0.320. The van der Waals surface area contributed by atoms with Crippen LogP contribution in [0.4, 0.5) is 0 Å². The number of furan rings is 1. The molecule has 2 aromatic rings. The van der Waals surface area contributed by atoms with Crippen molar-refractivity contribution in [1.29, 1.82) is 0 Å². The van der Waals surface area contributed by atoms with Crippen LogP contribution in [-0.2, 0) is 0 Å². The summed E-state index contributed by atoms with van der Waals surface area (Å²) in [6.45, 7) is 0. The van der Waals surface area contributed by atoms with E-state index in [-0.39, 0.29) is 0 Å². The van der Waals surface area contributed by atoms with E-state index in [9.17, 15) is 0 Å². The van der Waals surface area contributed by atoms with Gasteiger partial charge in [-0.15, -0.1) is 0 Å². The Morgan fingerprint density at radius 2 is 2.19 bits per heavy atom. The Morgan fingerprint density at radius 3 is 2.90 bits per heavy atom. The molecule has 2 bridgehead atoms. The zero-order valence-corrected chi connectivity index (χ0v) is 13.2. The molecule has 2 saturated carbocycles. The van der Waals surface area contributed by atoms with Crippen molar-refractivity contribution in [1.82, 2.24) is 5.32 Å². The fourth-order valence-corrected chi connectivity index (χ4v) is 4.73. The fraction of sp³-hybridized carbons (Fsp3) is 0.556. The van der Waals surface area contributed by atoms with Gasteiger partial charge in [-0.05, 0) is 74.8 Å². The van der Waals surface area contributed by atoms with Gasteiger partial charge in [0, 0.05) is 10.4 Å². The van der Waals surface area contributed by atoms with Crippen LogP contribution in [0.1, 0.15) is 43.9 Å². The van der Waals surface area contributed by atoms with Crippen LogP contribution in [-0.4, -0.2) is 7.05 Å². The predicted octanol–water partition coefficient (Wildman–Crippen LogP) is 5.17. The maximum Gasteiger partial charge on any atom is 0.134 e. The van der Waals surface area contributed by atoms with Crippen LogP contribution in [0, 0.1) is 17.8 Å². The van der Waals surface area contributed by atoms with Gasteiger partial charge in [-0.2, -0.15) is 0 Å². The molecule has 0 amide bonds. The van der Waals surface area contributed by atoms with Crippen LogP contribution in [0.5, 0.6) is 0 Å². The van der Waals surface area contributed by atoms with Crippen LogP contribution in [0.25, 0.3) is 11.0 Å². The molecule has 1 aromatic carbocycles. The van der Waals surface area contributed by atoms with Crippen molar-refractivity contribution in [2.75, 3.05) is 7.05 Å². The Balaban J connectivity index is 1.56. The molecule has 1 aromatic heterocycles. The summed E-state index contributed by atoms with van der Waals surface area (Å²) in [5.74, 6) is 3.90. The molecular weight excluding hydrogens is 282 g/mol. The van der Waals surface area contributed by atoms with Gasteiger partial charge in [0.05, 0.1) is 6.04 Å². The average Bonchev–Trinajstić information content (AvgIpc) is 3.18. The van der Waals surface area contributed by atoms with Crippen molar-refractivity contribution in [3.8, 4) is 0 Å². The van der Waals surface area contributed by atoms with E-state index < -0.39 is 0 Å². The smallest absolute Gasteiger partial charge is 0.134 e. The summed E-state index contributed by atoms with van der Waals surface area (Å²) in [4.78, 5) is 0. The molecular formula is C18H22ClNO. The fourth-order valence-electron chi connectivity index (χ4n) is 4.55. The molecule has 2 aliphatic rings. The Labute approximate surface area is 130 Å². The SMILES string of the molecule is CNC(CC1CC2CCC1C2)c1cc2cc(Cl)ccc2o1. The Kier molecular flexibility index (Phi) is 3.47. The van der Waals surface area contributed by atoms with Gasteiger partial charge in [0.25, 0.3) is 0 Å². The van der Waals surface area contributed by atoms with Gasteiger partial charge in [-0.1, -0.05) is 18.0 Å². The molecule has 2 aliphatic carbocycles. The largest absolute Gasteiger partial charge is 0.459 e. The van der Waals surface area contributed by atoms with Gasteiger partial charge in [0.15, 0.2) is 0 Å². The van der Waals surface area contributed by atoms with Crippen LogP contribution in [0.3, 0.4) is 0 Å². The van der Waals surface area contributed by atoms with Gasteiger partial charge in [0.1, 0.15) is 11.3 Å². The van der Waals surface area contributed by atoms with Gasteiger partial charge in [-0.3, -0.25) is 0 Å². The summed E-state index contributed by atoms with van der Waals surface area (Å²) in [6, 6.07) is 8.30. The van der Waals surface area contributed by atoms with Crippen molar-refractivity contribution in [3.63, 3.8) is 0 Å². The molecule has 2 fully saturated rings. The number of hydrogen-bond donors (Lipinski definition) is 1. The zero-order valence-electron chi connectivity index (χ0n) is 12.4. The summed E-state index contributed by atoms with van der Waals surface area (Å²) in [5.41, 5.74) is 0.933. The topological polar surface area (TPSA) is 25.2 Å².